The second-order valence-electron chi connectivity index (χ2n) is 3.86. The van der Waals surface area contributed by atoms with Crippen LogP contribution in [0.4, 0.5) is 0 Å². The molecule has 0 aliphatic carbocycles. The minimum absolute atomic E-state index is 0.0252. The summed E-state index contributed by atoms with van der Waals surface area (Å²) in [5.74, 6) is 0. The van der Waals surface area contributed by atoms with Crippen molar-refractivity contribution in [3.63, 3.8) is 0 Å². The number of hydrogen-bond acceptors (Lipinski definition) is 2. The standard InChI is InChI=1S/C12H22N2Si/c1-13-12(14-2)9-6-10-15-11-7-4-3-5-8-11/h3-5,7-8,12-14H,6,9-10,15H2,1-2H3. The third kappa shape index (κ3) is 5.11. The van der Waals surface area contributed by atoms with Gasteiger partial charge in [0.1, 0.15) is 0 Å². The Kier molecular flexibility index (Phi) is 6.32. The molecule has 1 aromatic carbocycles. The first-order valence-corrected chi connectivity index (χ1v) is 7.46. The second-order valence-corrected chi connectivity index (χ2v) is 5.88. The van der Waals surface area contributed by atoms with E-state index in [2.05, 4.69) is 41.0 Å². The van der Waals surface area contributed by atoms with Crippen LogP contribution in [0.3, 0.4) is 0 Å². The van der Waals surface area contributed by atoms with Gasteiger partial charge in [-0.25, -0.2) is 0 Å². The molecule has 1 aromatic rings. The lowest BCUT2D eigenvalue weighted by atomic mass is 10.3. The predicted octanol–water partition coefficient (Wildman–Crippen LogP) is 0.444. The smallest absolute Gasteiger partial charge is 0.0566 e. The molecule has 0 heterocycles. The molecule has 0 atom stereocenters. The Hall–Kier alpha value is -0.643. The van der Waals surface area contributed by atoms with E-state index < -0.39 is 0 Å². The molecule has 1 rings (SSSR count). The zero-order valence-electron chi connectivity index (χ0n) is 9.79. The second kappa shape index (κ2) is 7.62. The normalized spacial score (nSPS) is 11.7. The summed E-state index contributed by atoms with van der Waals surface area (Å²) in [6.45, 7) is 0. The summed E-state index contributed by atoms with van der Waals surface area (Å²) in [5, 5.41) is 8.10. The maximum atomic E-state index is 3.25. The van der Waals surface area contributed by atoms with Gasteiger partial charge in [-0.2, -0.15) is 0 Å². The van der Waals surface area contributed by atoms with E-state index in [1.54, 1.807) is 5.19 Å². The molecule has 0 unspecified atom stereocenters. The molecule has 3 heteroatoms. The van der Waals surface area contributed by atoms with Crippen molar-refractivity contribution in [1.82, 2.24) is 10.6 Å². The van der Waals surface area contributed by atoms with Crippen LogP contribution in [0.15, 0.2) is 30.3 Å². The average molecular weight is 222 g/mol. The quantitative estimate of drug-likeness (QED) is 0.397. The van der Waals surface area contributed by atoms with E-state index in [9.17, 15) is 0 Å². The molecule has 0 spiro atoms. The van der Waals surface area contributed by atoms with Crippen molar-refractivity contribution in [2.45, 2.75) is 25.1 Å². The van der Waals surface area contributed by atoms with Gasteiger partial charge in [0.25, 0.3) is 0 Å². The van der Waals surface area contributed by atoms with Gasteiger partial charge in [0.2, 0.25) is 0 Å². The van der Waals surface area contributed by atoms with Gasteiger partial charge >= 0.3 is 0 Å². The summed E-state index contributed by atoms with van der Waals surface area (Å²) >= 11 is 0. The number of hydrogen-bond donors (Lipinski definition) is 2. The molecule has 0 aliphatic rings. The topological polar surface area (TPSA) is 24.1 Å². The molecule has 0 radical (unpaired) electrons. The minimum atomic E-state index is -0.0252. The summed E-state index contributed by atoms with van der Waals surface area (Å²) in [4.78, 5) is 0. The molecule has 0 aliphatic heterocycles. The van der Waals surface area contributed by atoms with Crippen LogP contribution in [0.25, 0.3) is 0 Å². The third-order valence-corrected chi connectivity index (χ3v) is 4.65. The Labute approximate surface area is 95.3 Å². The van der Waals surface area contributed by atoms with Gasteiger partial charge in [0, 0.05) is 0 Å². The Morgan fingerprint density at radius 1 is 1.13 bits per heavy atom. The fraction of sp³-hybridized carbons (Fsp3) is 0.500. The van der Waals surface area contributed by atoms with Crippen LogP contribution in [-0.2, 0) is 0 Å². The summed E-state index contributed by atoms with van der Waals surface area (Å²) < 4.78 is 0. The van der Waals surface area contributed by atoms with E-state index in [-0.39, 0.29) is 9.52 Å². The average Bonchev–Trinajstić information content (AvgIpc) is 2.31. The van der Waals surface area contributed by atoms with E-state index in [4.69, 9.17) is 0 Å². The fourth-order valence-corrected chi connectivity index (χ4v) is 3.31. The highest BCUT2D eigenvalue weighted by molar-refractivity contribution is 6.53. The predicted molar refractivity (Wildman–Crippen MR) is 70.6 cm³/mol. The lowest BCUT2D eigenvalue weighted by Crippen LogP contribution is -2.37. The van der Waals surface area contributed by atoms with Crippen LogP contribution in [0.2, 0.25) is 6.04 Å². The van der Waals surface area contributed by atoms with Crippen LogP contribution < -0.4 is 15.8 Å². The van der Waals surface area contributed by atoms with Gasteiger partial charge < -0.3 is 10.6 Å². The van der Waals surface area contributed by atoms with Gasteiger partial charge in [-0.05, 0) is 20.5 Å². The third-order valence-electron chi connectivity index (χ3n) is 2.75. The lowest BCUT2D eigenvalue weighted by Gasteiger charge is -2.14. The molecule has 2 N–H and O–H groups in total. The van der Waals surface area contributed by atoms with Crippen molar-refractivity contribution in [3.05, 3.63) is 30.3 Å². The zero-order chi connectivity index (χ0) is 10.9. The van der Waals surface area contributed by atoms with Gasteiger partial charge in [-0.15, -0.1) is 0 Å². The minimum Gasteiger partial charge on any atom is -0.305 e. The number of rotatable bonds is 7. The van der Waals surface area contributed by atoms with Crippen molar-refractivity contribution in [3.8, 4) is 0 Å². The summed E-state index contributed by atoms with van der Waals surface area (Å²) in [6, 6.07) is 12.3. The van der Waals surface area contributed by atoms with Crippen LogP contribution in [0.1, 0.15) is 12.8 Å². The maximum absolute atomic E-state index is 3.25. The molecule has 0 saturated carbocycles. The first-order chi connectivity index (χ1) is 7.36. The van der Waals surface area contributed by atoms with Crippen LogP contribution in [0.5, 0.6) is 0 Å². The molecule has 0 aromatic heterocycles. The van der Waals surface area contributed by atoms with Crippen LogP contribution in [0, 0.1) is 0 Å². The van der Waals surface area contributed by atoms with Crippen molar-refractivity contribution >= 4 is 14.7 Å². The number of nitrogens with one attached hydrogen (secondary N) is 2. The number of benzene rings is 1. The highest BCUT2D eigenvalue weighted by atomic mass is 28.2. The molecule has 0 fully saturated rings. The molecular formula is C12H22N2Si. The monoisotopic (exact) mass is 222 g/mol. The first kappa shape index (κ1) is 12.4. The Bertz CT molecular complexity index is 247. The van der Waals surface area contributed by atoms with Crippen molar-refractivity contribution in [2.24, 2.45) is 0 Å². The van der Waals surface area contributed by atoms with Gasteiger partial charge in [-0.3, -0.25) is 0 Å². The van der Waals surface area contributed by atoms with E-state index in [1.807, 2.05) is 14.1 Å². The van der Waals surface area contributed by atoms with Crippen LogP contribution in [-0.4, -0.2) is 29.8 Å². The van der Waals surface area contributed by atoms with E-state index in [0.717, 1.165) is 0 Å². The fourth-order valence-electron chi connectivity index (χ4n) is 1.76. The van der Waals surface area contributed by atoms with E-state index >= 15 is 0 Å². The van der Waals surface area contributed by atoms with Crippen molar-refractivity contribution < 1.29 is 0 Å². The summed E-state index contributed by atoms with van der Waals surface area (Å²) in [6.07, 6.45) is 3.04. The molecule has 0 saturated heterocycles. The van der Waals surface area contributed by atoms with Crippen molar-refractivity contribution in [2.75, 3.05) is 14.1 Å². The summed E-state index contributed by atoms with van der Waals surface area (Å²) in [5.41, 5.74) is 0. The van der Waals surface area contributed by atoms with Gasteiger partial charge in [0.05, 0.1) is 15.7 Å². The van der Waals surface area contributed by atoms with Crippen molar-refractivity contribution in [1.29, 1.82) is 0 Å². The Morgan fingerprint density at radius 3 is 2.40 bits per heavy atom. The molecule has 2 nitrogen and oxygen atoms in total. The molecule has 0 bridgehead atoms. The molecule has 15 heavy (non-hydrogen) atoms. The zero-order valence-corrected chi connectivity index (χ0v) is 11.2. The highest BCUT2D eigenvalue weighted by Crippen LogP contribution is 1.98. The summed E-state index contributed by atoms with van der Waals surface area (Å²) in [7, 11) is 3.99. The first-order valence-electron chi connectivity index (χ1n) is 5.75. The van der Waals surface area contributed by atoms with Crippen LogP contribution >= 0.6 is 0 Å². The van der Waals surface area contributed by atoms with Gasteiger partial charge in [-0.1, -0.05) is 48.0 Å². The highest BCUT2D eigenvalue weighted by Gasteiger charge is 2.01. The van der Waals surface area contributed by atoms with E-state index in [1.165, 1.54) is 18.9 Å². The molecule has 84 valence electrons. The lowest BCUT2D eigenvalue weighted by molar-refractivity contribution is 0.458. The van der Waals surface area contributed by atoms with Gasteiger partial charge in [0.15, 0.2) is 0 Å². The molecular weight excluding hydrogens is 200 g/mol. The molecule has 0 amide bonds. The largest absolute Gasteiger partial charge is 0.305 e. The Balaban J connectivity index is 2.12. The Morgan fingerprint density at radius 2 is 1.80 bits per heavy atom. The van der Waals surface area contributed by atoms with E-state index in [0.29, 0.717) is 6.17 Å². The SMILES string of the molecule is CNC(CCC[SiH2]c1ccccc1)NC. The maximum Gasteiger partial charge on any atom is 0.0566 e.